The number of hydrogen-bond donors (Lipinski definition) is 3. The molecule has 3 aromatic carbocycles. The summed E-state index contributed by atoms with van der Waals surface area (Å²) in [5.74, 6) is -2.01. The smallest absolute Gasteiger partial charge is 0.336 e. The van der Waals surface area contributed by atoms with Crippen molar-refractivity contribution in [2.45, 2.75) is 12.5 Å². The first kappa shape index (κ1) is 24.5. The number of carbonyl (C=O) groups excluding carboxylic acids is 2. The molecule has 9 nitrogen and oxygen atoms in total. The van der Waals surface area contributed by atoms with Crippen LogP contribution in [-0.4, -0.2) is 46.2 Å². The summed E-state index contributed by atoms with van der Waals surface area (Å²) in [4.78, 5) is 42.0. The summed E-state index contributed by atoms with van der Waals surface area (Å²) in [5.41, 5.74) is 2.06. The van der Waals surface area contributed by atoms with E-state index >= 15 is 0 Å². The van der Waals surface area contributed by atoms with Crippen molar-refractivity contribution in [3.05, 3.63) is 95.7 Å². The van der Waals surface area contributed by atoms with Gasteiger partial charge in [-0.25, -0.2) is 14.6 Å². The van der Waals surface area contributed by atoms with Gasteiger partial charge in [0.25, 0.3) is 5.91 Å². The van der Waals surface area contributed by atoms with Crippen LogP contribution in [0.25, 0.3) is 33.2 Å². The summed E-state index contributed by atoms with van der Waals surface area (Å²) in [6.07, 6.45) is 0.0962. The second kappa shape index (κ2) is 10.1. The molecule has 0 aliphatic heterocycles. The van der Waals surface area contributed by atoms with Crippen molar-refractivity contribution < 1.29 is 33.8 Å². The van der Waals surface area contributed by atoms with E-state index in [1.807, 2.05) is 30.3 Å². The number of carboxylic acid groups (broad SMARTS) is 1. The molecule has 0 saturated heterocycles. The summed E-state index contributed by atoms with van der Waals surface area (Å²) in [7, 11) is 1.20. The number of ether oxygens (including phenoxy) is 1. The Morgan fingerprint density at radius 3 is 2.47 bits per heavy atom. The first-order valence-corrected chi connectivity index (χ1v) is 11.7. The highest BCUT2D eigenvalue weighted by atomic mass is 16.5. The Bertz CT molecular complexity index is 1660. The van der Waals surface area contributed by atoms with Crippen molar-refractivity contribution in [2.75, 3.05) is 7.11 Å². The summed E-state index contributed by atoms with van der Waals surface area (Å²) in [6.45, 7) is 0. The fourth-order valence-electron chi connectivity index (χ4n) is 4.23. The van der Waals surface area contributed by atoms with E-state index in [0.717, 1.165) is 5.39 Å². The first-order valence-electron chi connectivity index (χ1n) is 11.7. The lowest BCUT2D eigenvalue weighted by molar-refractivity contribution is -0.142. The van der Waals surface area contributed by atoms with Crippen LogP contribution >= 0.6 is 0 Å². The Hall–Kier alpha value is -5.18. The molecule has 0 aliphatic rings. The maximum absolute atomic E-state index is 13.1. The molecule has 9 heteroatoms. The van der Waals surface area contributed by atoms with Crippen LogP contribution in [0.1, 0.15) is 26.4 Å². The minimum Gasteiger partial charge on any atom is -0.508 e. The number of pyridine rings is 1. The maximum atomic E-state index is 13.1. The van der Waals surface area contributed by atoms with Crippen LogP contribution < -0.4 is 5.32 Å². The third kappa shape index (κ3) is 4.90. The normalized spacial score (nSPS) is 11.8. The third-order valence-electron chi connectivity index (χ3n) is 6.15. The second-order valence-corrected chi connectivity index (χ2v) is 8.66. The van der Waals surface area contributed by atoms with Gasteiger partial charge in [0.15, 0.2) is 0 Å². The molecule has 190 valence electrons. The van der Waals surface area contributed by atoms with Crippen LogP contribution in [0, 0.1) is 0 Å². The van der Waals surface area contributed by atoms with Crippen molar-refractivity contribution >= 4 is 39.7 Å². The Morgan fingerprint density at radius 1 is 1.00 bits per heavy atom. The van der Waals surface area contributed by atoms with Gasteiger partial charge in [-0.1, -0.05) is 30.3 Å². The number of rotatable bonds is 7. The van der Waals surface area contributed by atoms with E-state index in [4.69, 9.17) is 9.15 Å². The van der Waals surface area contributed by atoms with Gasteiger partial charge < -0.3 is 24.7 Å². The fourth-order valence-corrected chi connectivity index (χ4v) is 4.23. The zero-order chi connectivity index (χ0) is 26.8. The summed E-state index contributed by atoms with van der Waals surface area (Å²) in [5, 5.41) is 23.2. The first-order chi connectivity index (χ1) is 18.3. The van der Waals surface area contributed by atoms with E-state index in [1.54, 1.807) is 30.3 Å². The Labute approximate surface area is 216 Å². The predicted octanol–water partition coefficient (Wildman–Crippen LogP) is 4.57. The van der Waals surface area contributed by atoms with Gasteiger partial charge in [0.1, 0.15) is 28.8 Å². The minimum atomic E-state index is -1.23. The highest BCUT2D eigenvalue weighted by Gasteiger charge is 2.25. The van der Waals surface area contributed by atoms with E-state index in [0.29, 0.717) is 33.4 Å². The molecule has 0 bridgehead atoms. The molecule has 38 heavy (non-hydrogen) atoms. The van der Waals surface area contributed by atoms with Crippen LogP contribution in [0.15, 0.2) is 83.3 Å². The standard InChI is InChI=1S/C29H22N2O7/c1-37-29(36)24(12-16-6-9-19(32)10-7-16)31-27(33)23-15-21(28(34)35)20-13-18(8-11-22(20)30-23)26-14-17-4-2-3-5-25(17)38-26/h2-11,13-15,24,32H,12H2,1H3,(H,31,33)(H,34,35). The number of carbonyl (C=O) groups is 3. The van der Waals surface area contributed by atoms with E-state index in [2.05, 4.69) is 10.3 Å². The molecule has 1 atom stereocenters. The molecular weight excluding hydrogens is 488 g/mol. The number of aromatic hydroxyl groups is 1. The van der Waals surface area contributed by atoms with Crippen molar-refractivity contribution in [3.63, 3.8) is 0 Å². The minimum absolute atomic E-state index is 0.0671. The number of benzene rings is 3. The molecule has 5 aromatic rings. The number of amides is 1. The van der Waals surface area contributed by atoms with Crippen molar-refractivity contribution in [1.29, 1.82) is 0 Å². The summed E-state index contributed by atoms with van der Waals surface area (Å²) >= 11 is 0. The Kier molecular flexibility index (Phi) is 6.49. The van der Waals surface area contributed by atoms with Gasteiger partial charge >= 0.3 is 11.9 Å². The SMILES string of the molecule is COC(=O)C(Cc1ccc(O)cc1)NC(=O)c1cc(C(=O)O)c2cc(-c3cc4ccccc4o3)ccc2n1. The molecule has 0 aliphatic carbocycles. The van der Waals surface area contributed by atoms with Crippen LogP contribution in [0.3, 0.4) is 0 Å². The van der Waals surface area contributed by atoms with Gasteiger partial charge in [-0.3, -0.25) is 4.79 Å². The van der Waals surface area contributed by atoms with Crippen molar-refractivity contribution in [1.82, 2.24) is 10.3 Å². The van der Waals surface area contributed by atoms with E-state index in [-0.39, 0.29) is 23.4 Å². The van der Waals surface area contributed by atoms with Gasteiger partial charge in [-0.2, -0.15) is 0 Å². The molecule has 0 spiro atoms. The fraction of sp³-hybridized carbons (Fsp3) is 0.103. The third-order valence-corrected chi connectivity index (χ3v) is 6.15. The lowest BCUT2D eigenvalue weighted by atomic mass is 10.0. The highest BCUT2D eigenvalue weighted by Crippen LogP contribution is 2.31. The number of phenolic OH excluding ortho intramolecular Hbond substituents is 1. The van der Waals surface area contributed by atoms with Crippen LogP contribution in [0.2, 0.25) is 0 Å². The molecule has 2 heterocycles. The van der Waals surface area contributed by atoms with Gasteiger partial charge in [0.2, 0.25) is 0 Å². The lowest BCUT2D eigenvalue weighted by Gasteiger charge is -2.17. The predicted molar refractivity (Wildman–Crippen MR) is 139 cm³/mol. The summed E-state index contributed by atoms with van der Waals surface area (Å²) in [6, 6.07) is 20.7. The van der Waals surface area contributed by atoms with Crippen molar-refractivity contribution in [2.24, 2.45) is 0 Å². The molecule has 0 fully saturated rings. The largest absolute Gasteiger partial charge is 0.508 e. The molecule has 0 radical (unpaired) electrons. The monoisotopic (exact) mass is 510 g/mol. The topological polar surface area (TPSA) is 139 Å². The van der Waals surface area contributed by atoms with Gasteiger partial charge in [-0.15, -0.1) is 0 Å². The number of aromatic carboxylic acids is 1. The molecular formula is C29H22N2O7. The number of nitrogens with one attached hydrogen (secondary N) is 1. The number of para-hydroxylation sites is 1. The number of esters is 1. The molecule has 2 aromatic heterocycles. The Morgan fingerprint density at radius 2 is 1.76 bits per heavy atom. The maximum Gasteiger partial charge on any atom is 0.336 e. The average molecular weight is 511 g/mol. The number of aromatic nitrogens is 1. The van der Waals surface area contributed by atoms with E-state index in [1.165, 1.54) is 25.3 Å². The number of phenols is 1. The second-order valence-electron chi connectivity index (χ2n) is 8.66. The van der Waals surface area contributed by atoms with Crippen LogP contribution in [0.5, 0.6) is 5.75 Å². The molecule has 3 N–H and O–H groups in total. The zero-order valence-electron chi connectivity index (χ0n) is 20.2. The molecule has 1 amide bonds. The number of furan rings is 1. The number of hydrogen-bond acceptors (Lipinski definition) is 7. The summed E-state index contributed by atoms with van der Waals surface area (Å²) < 4.78 is 10.7. The Balaban J connectivity index is 1.47. The quantitative estimate of drug-likeness (QED) is 0.271. The van der Waals surface area contributed by atoms with Crippen LogP contribution in [-0.2, 0) is 16.0 Å². The van der Waals surface area contributed by atoms with Crippen LogP contribution in [0.4, 0.5) is 0 Å². The number of methoxy groups -OCH3 is 1. The van der Waals surface area contributed by atoms with Crippen molar-refractivity contribution in [3.8, 4) is 17.1 Å². The lowest BCUT2D eigenvalue weighted by Crippen LogP contribution is -2.43. The molecule has 0 saturated carbocycles. The highest BCUT2D eigenvalue weighted by molar-refractivity contribution is 6.07. The van der Waals surface area contributed by atoms with Gasteiger partial charge in [0.05, 0.1) is 18.2 Å². The van der Waals surface area contributed by atoms with Gasteiger partial charge in [0, 0.05) is 22.8 Å². The molecule has 5 rings (SSSR count). The number of fused-ring (bicyclic) bond motifs is 2. The van der Waals surface area contributed by atoms with E-state index in [9.17, 15) is 24.6 Å². The average Bonchev–Trinajstić information content (AvgIpc) is 3.36. The number of nitrogens with zero attached hydrogens (tertiary/aromatic N) is 1. The van der Waals surface area contributed by atoms with Gasteiger partial charge in [-0.05, 0) is 54.1 Å². The zero-order valence-corrected chi connectivity index (χ0v) is 20.2. The van der Waals surface area contributed by atoms with E-state index < -0.39 is 23.9 Å². The molecule has 1 unspecified atom stereocenters. The number of carboxylic acids is 1.